The van der Waals surface area contributed by atoms with Gasteiger partial charge in [-0.15, -0.1) is 11.3 Å². The smallest absolute Gasteiger partial charge is 0.0843 e. The van der Waals surface area contributed by atoms with Crippen LogP contribution < -0.4 is 5.73 Å². The molecule has 1 aromatic carbocycles. The molecule has 0 fully saturated rings. The van der Waals surface area contributed by atoms with Gasteiger partial charge in [-0.2, -0.15) is 5.10 Å². The van der Waals surface area contributed by atoms with E-state index >= 15 is 0 Å². The highest BCUT2D eigenvalue weighted by Crippen LogP contribution is 2.30. The Balaban J connectivity index is 2.19. The molecule has 0 aliphatic carbocycles. The number of aromatic nitrogens is 2. The maximum Gasteiger partial charge on any atom is 0.0843 e. The lowest BCUT2D eigenvalue weighted by Crippen LogP contribution is -2.05. The average molecular weight is 318 g/mol. The fraction of sp³-hybridized carbons (Fsp3) is 0.188. The quantitative estimate of drug-likeness (QED) is 0.788. The van der Waals surface area contributed by atoms with Crippen LogP contribution in [0.3, 0.4) is 0 Å². The highest BCUT2D eigenvalue weighted by Gasteiger charge is 2.14. The Labute approximate surface area is 133 Å². The lowest BCUT2D eigenvalue weighted by molar-refractivity contribution is 0.822. The maximum atomic E-state index is 6.25. The van der Waals surface area contributed by atoms with E-state index in [1.54, 1.807) is 11.3 Å². The van der Waals surface area contributed by atoms with Gasteiger partial charge in [0.2, 0.25) is 0 Å². The molecule has 0 unspecified atom stereocenters. The first-order valence-electron chi connectivity index (χ1n) is 6.79. The molecule has 0 bridgehead atoms. The summed E-state index contributed by atoms with van der Waals surface area (Å²) in [5.74, 6) is 0. The minimum Gasteiger partial charge on any atom is -0.330 e. The number of hydrogen-bond acceptors (Lipinski definition) is 3. The number of nitrogens with two attached hydrogens (primary N) is 1. The third kappa shape index (κ3) is 2.75. The zero-order valence-corrected chi connectivity index (χ0v) is 13.3. The van der Waals surface area contributed by atoms with Crippen molar-refractivity contribution in [1.29, 1.82) is 0 Å². The van der Waals surface area contributed by atoms with Crippen molar-refractivity contribution >= 4 is 22.9 Å². The summed E-state index contributed by atoms with van der Waals surface area (Å²) in [5, 5.41) is 7.53. The van der Waals surface area contributed by atoms with Crippen LogP contribution >= 0.6 is 22.9 Å². The van der Waals surface area contributed by atoms with Gasteiger partial charge >= 0.3 is 0 Å². The van der Waals surface area contributed by atoms with Crippen LogP contribution in [-0.4, -0.2) is 16.3 Å². The van der Waals surface area contributed by atoms with E-state index in [9.17, 15) is 0 Å². The number of hydrogen-bond donors (Lipinski definition) is 1. The van der Waals surface area contributed by atoms with E-state index in [2.05, 4.69) is 17.5 Å². The fourth-order valence-corrected chi connectivity index (χ4v) is 3.21. The largest absolute Gasteiger partial charge is 0.330 e. The van der Waals surface area contributed by atoms with Gasteiger partial charge in [0.1, 0.15) is 0 Å². The van der Waals surface area contributed by atoms with Gasteiger partial charge < -0.3 is 5.73 Å². The Bertz CT molecular complexity index is 747. The van der Waals surface area contributed by atoms with Gasteiger partial charge in [-0.1, -0.05) is 23.7 Å². The molecule has 0 spiro atoms. The van der Waals surface area contributed by atoms with Crippen LogP contribution in [0.4, 0.5) is 0 Å². The molecule has 2 N–H and O–H groups in total. The molecule has 3 nitrogen and oxygen atoms in total. The summed E-state index contributed by atoms with van der Waals surface area (Å²) in [6.45, 7) is 2.61. The zero-order valence-electron chi connectivity index (χ0n) is 11.7. The Morgan fingerprint density at radius 1 is 1.29 bits per heavy atom. The van der Waals surface area contributed by atoms with Crippen molar-refractivity contribution in [2.75, 3.05) is 6.54 Å². The van der Waals surface area contributed by atoms with E-state index in [0.717, 1.165) is 34.1 Å². The SMILES string of the molecule is Cc1c(Cl)cccc1-n1nc(CCN)cc1-c1cccs1. The third-order valence-corrected chi connectivity index (χ3v) is 4.70. The van der Waals surface area contributed by atoms with E-state index in [1.165, 1.54) is 4.88 Å². The van der Waals surface area contributed by atoms with Crippen molar-refractivity contribution in [2.45, 2.75) is 13.3 Å². The number of rotatable bonds is 4. The maximum absolute atomic E-state index is 6.25. The van der Waals surface area contributed by atoms with Crippen LogP contribution in [0.2, 0.25) is 5.02 Å². The minimum absolute atomic E-state index is 0.593. The molecule has 108 valence electrons. The highest BCUT2D eigenvalue weighted by molar-refractivity contribution is 7.13. The molecule has 0 amide bonds. The lowest BCUT2D eigenvalue weighted by Gasteiger charge is -2.10. The van der Waals surface area contributed by atoms with Gasteiger partial charge in [-0.25, -0.2) is 4.68 Å². The first-order chi connectivity index (χ1) is 10.2. The number of halogens is 1. The first kappa shape index (κ1) is 14.3. The molecule has 2 aromatic heterocycles. The van der Waals surface area contributed by atoms with Crippen LogP contribution in [0.1, 0.15) is 11.3 Å². The topological polar surface area (TPSA) is 43.8 Å². The second-order valence-electron chi connectivity index (χ2n) is 4.83. The summed E-state index contributed by atoms with van der Waals surface area (Å²) in [4.78, 5) is 1.19. The molecule has 0 saturated heterocycles. The molecule has 0 aliphatic heterocycles. The van der Waals surface area contributed by atoms with Gasteiger partial charge in [0.15, 0.2) is 0 Å². The summed E-state index contributed by atoms with van der Waals surface area (Å²) >= 11 is 7.95. The van der Waals surface area contributed by atoms with Crippen LogP contribution in [0.25, 0.3) is 16.3 Å². The van der Waals surface area contributed by atoms with Crippen molar-refractivity contribution in [2.24, 2.45) is 5.73 Å². The molecule has 2 heterocycles. The Kier molecular flexibility index (Phi) is 4.10. The standard InChI is InChI=1S/C16H16ClN3S/c1-11-13(17)4-2-5-14(11)20-15(16-6-3-9-21-16)10-12(19-20)7-8-18/h2-6,9-10H,7-8,18H2,1H3. The Morgan fingerprint density at radius 2 is 2.14 bits per heavy atom. The van der Waals surface area contributed by atoms with Crippen molar-refractivity contribution < 1.29 is 0 Å². The van der Waals surface area contributed by atoms with E-state index in [0.29, 0.717) is 6.54 Å². The van der Waals surface area contributed by atoms with E-state index in [4.69, 9.17) is 22.4 Å². The molecule has 21 heavy (non-hydrogen) atoms. The Morgan fingerprint density at radius 3 is 2.86 bits per heavy atom. The monoisotopic (exact) mass is 317 g/mol. The molecule has 0 atom stereocenters. The second-order valence-corrected chi connectivity index (χ2v) is 6.19. The molecular formula is C16H16ClN3S. The summed E-state index contributed by atoms with van der Waals surface area (Å²) in [6, 6.07) is 12.1. The van der Waals surface area contributed by atoms with E-state index < -0.39 is 0 Å². The Hall–Kier alpha value is -1.62. The highest BCUT2D eigenvalue weighted by atomic mass is 35.5. The predicted octanol–water partition coefficient (Wildman–Crippen LogP) is 4.06. The molecule has 5 heteroatoms. The summed E-state index contributed by atoms with van der Waals surface area (Å²) in [5.41, 5.74) is 9.78. The minimum atomic E-state index is 0.593. The second kappa shape index (κ2) is 6.02. The van der Waals surface area contributed by atoms with Crippen molar-refractivity contribution in [3.8, 4) is 16.3 Å². The normalized spacial score (nSPS) is 11.0. The molecule has 0 aliphatic rings. The van der Waals surface area contributed by atoms with Crippen LogP contribution in [0, 0.1) is 6.92 Å². The van der Waals surface area contributed by atoms with E-state index in [1.807, 2.05) is 35.9 Å². The van der Waals surface area contributed by atoms with Crippen LogP contribution in [0.5, 0.6) is 0 Å². The zero-order chi connectivity index (χ0) is 14.8. The fourth-order valence-electron chi connectivity index (χ4n) is 2.31. The lowest BCUT2D eigenvalue weighted by atomic mass is 10.2. The predicted molar refractivity (Wildman–Crippen MR) is 89.4 cm³/mol. The summed E-state index contributed by atoms with van der Waals surface area (Å²) in [6.07, 6.45) is 0.769. The number of nitrogens with zero attached hydrogens (tertiary/aromatic N) is 2. The van der Waals surface area contributed by atoms with Gasteiger partial charge in [0.05, 0.1) is 22.0 Å². The van der Waals surface area contributed by atoms with Gasteiger partial charge in [-0.3, -0.25) is 0 Å². The molecule has 3 rings (SSSR count). The molecule has 0 saturated carbocycles. The van der Waals surface area contributed by atoms with Crippen molar-refractivity contribution in [3.63, 3.8) is 0 Å². The van der Waals surface area contributed by atoms with Crippen LogP contribution in [0.15, 0.2) is 41.8 Å². The third-order valence-electron chi connectivity index (χ3n) is 3.40. The van der Waals surface area contributed by atoms with E-state index in [-0.39, 0.29) is 0 Å². The van der Waals surface area contributed by atoms with Crippen molar-refractivity contribution in [3.05, 3.63) is 58.1 Å². The summed E-state index contributed by atoms with van der Waals surface area (Å²) < 4.78 is 1.97. The van der Waals surface area contributed by atoms with Gasteiger partial charge in [0.25, 0.3) is 0 Å². The molecular weight excluding hydrogens is 302 g/mol. The van der Waals surface area contributed by atoms with Crippen LogP contribution in [-0.2, 0) is 6.42 Å². The first-order valence-corrected chi connectivity index (χ1v) is 8.05. The average Bonchev–Trinajstić information content (AvgIpc) is 3.11. The molecule has 3 aromatic rings. The molecule has 0 radical (unpaired) electrons. The number of benzene rings is 1. The van der Waals surface area contributed by atoms with Crippen molar-refractivity contribution in [1.82, 2.24) is 9.78 Å². The summed E-state index contributed by atoms with van der Waals surface area (Å²) in [7, 11) is 0. The van der Waals surface area contributed by atoms with Gasteiger partial charge in [0, 0.05) is 11.4 Å². The number of thiophene rings is 1. The van der Waals surface area contributed by atoms with Gasteiger partial charge in [-0.05, 0) is 48.7 Å².